The number of fused-ring (bicyclic) bond motifs is 1. The molecule has 2 amide bonds. The minimum absolute atomic E-state index is 0.365. The van der Waals surface area contributed by atoms with Crippen molar-refractivity contribution < 1.29 is 14.3 Å². The van der Waals surface area contributed by atoms with Gasteiger partial charge in [0, 0.05) is 24.8 Å². The molecule has 24 heavy (non-hydrogen) atoms. The summed E-state index contributed by atoms with van der Waals surface area (Å²) in [5, 5.41) is 15.0. The molecule has 126 valence electrons. The van der Waals surface area contributed by atoms with Crippen LogP contribution in [0.3, 0.4) is 0 Å². The normalized spacial score (nSPS) is 16.1. The van der Waals surface area contributed by atoms with Crippen molar-refractivity contribution in [2.75, 3.05) is 41.8 Å². The van der Waals surface area contributed by atoms with Crippen molar-refractivity contribution in [3.05, 3.63) is 18.2 Å². The van der Waals surface area contributed by atoms with E-state index in [1.165, 1.54) is 24.2 Å². The number of aromatic nitrogens is 2. The maximum absolute atomic E-state index is 12.1. The third-order valence-electron chi connectivity index (χ3n) is 3.81. The summed E-state index contributed by atoms with van der Waals surface area (Å²) in [6.07, 6.45) is 2.35. The molecule has 0 bridgehead atoms. The van der Waals surface area contributed by atoms with E-state index in [2.05, 4.69) is 25.7 Å². The molecule has 0 unspecified atom stereocenters. The number of hydrogen-bond donors (Lipinski definition) is 2. The Kier molecular flexibility index (Phi) is 4.08. The highest BCUT2D eigenvalue weighted by Crippen LogP contribution is 2.32. The number of amides is 2. The van der Waals surface area contributed by atoms with E-state index in [9.17, 15) is 4.79 Å². The average molecular weight is 347 g/mol. The summed E-state index contributed by atoms with van der Waals surface area (Å²) in [6.45, 7) is 3.04. The smallest absolute Gasteiger partial charge is 0.325 e. The molecule has 1 aromatic carbocycles. The molecular weight excluding hydrogens is 330 g/mol. The van der Waals surface area contributed by atoms with Crippen LogP contribution in [0.1, 0.15) is 12.8 Å². The molecular formula is C15H17N5O3S. The van der Waals surface area contributed by atoms with E-state index in [0.29, 0.717) is 35.5 Å². The first kappa shape index (κ1) is 15.0. The molecule has 3 heterocycles. The molecule has 9 heteroatoms. The number of urea groups is 1. The molecule has 2 N–H and O–H groups in total. The maximum atomic E-state index is 12.1. The summed E-state index contributed by atoms with van der Waals surface area (Å²) in [4.78, 5) is 14.3. The fraction of sp³-hybridized carbons (Fsp3) is 0.400. The third-order valence-corrected chi connectivity index (χ3v) is 4.71. The van der Waals surface area contributed by atoms with Crippen molar-refractivity contribution in [1.29, 1.82) is 0 Å². The molecule has 0 spiro atoms. The monoisotopic (exact) mass is 347 g/mol. The maximum Gasteiger partial charge on any atom is 0.325 e. The van der Waals surface area contributed by atoms with Crippen LogP contribution in [-0.4, -0.2) is 42.5 Å². The molecule has 1 fully saturated rings. The molecule has 2 aromatic rings. The number of ether oxygens (including phenoxy) is 2. The Labute approximate surface area is 142 Å². The second-order valence-electron chi connectivity index (χ2n) is 5.52. The van der Waals surface area contributed by atoms with Gasteiger partial charge in [0.25, 0.3) is 0 Å². The zero-order chi connectivity index (χ0) is 16.4. The Morgan fingerprint density at radius 2 is 1.88 bits per heavy atom. The summed E-state index contributed by atoms with van der Waals surface area (Å²) >= 11 is 1.38. The molecule has 1 saturated heterocycles. The Morgan fingerprint density at radius 3 is 2.71 bits per heavy atom. The highest BCUT2D eigenvalue weighted by molar-refractivity contribution is 7.19. The van der Waals surface area contributed by atoms with E-state index in [1.807, 2.05) is 0 Å². The molecule has 2 aliphatic heterocycles. The van der Waals surface area contributed by atoms with Gasteiger partial charge in [-0.15, -0.1) is 10.2 Å². The molecule has 0 atom stereocenters. The quantitative estimate of drug-likeness (QED) is 0.887. The Bertz CT molecular complexity index is 744. The van der Waals surface area contributed by atoms with Gasteiger partial charge in [-0.1, -0.05) is 11.3 Å². The second-order valence-corrected chi connectivity index (χ2v) is 6.48. The first-order chi connectivity index (χ1) is 11.8. The fourth-order valence-corrected chi connectivity index (χ4v) is 3.47. The van der Waals surface area contributed by atoms with Gasteiger partial charge in [-0.3, -0.25) is 5.32 Å². The molecule has 1 aromatic heterocycles. The number of nitrogens with one attached hydrogen (secondary N) is 2. The minimum atomic E-state index is -0.365. The molecule has 2 aliphatic rings. The van der Waals surface area contributed by atoms with Crippen LogP contribution in [0.25, 0.3) is 0 Å². The van der Waals surface area contributed by atoms with Gasteiger partial charge in [0.2, 0.25) is 10.3 Å². The van der Waals surface area contributed by atoms with E-state index >= 15 is 0 Å². The number of hydrogen-bond acceptors (Lipinski definition) is 7. The van der Waals surface area contributed by atoms with E-state index in [-0.39, 0.29) is 6.03 Å². The van der Waals surface area contributed by atoms with Crippen LogP contribution < -0.4 is 25.0 Å². The van der Waals surface area contributed by atoms with Gasteiger partial charge in [0.15, 0.2) is 11.5 Å². The summed E-state index contributed by atoms with van der Waals surface area (Å²) in [5.74, 6) is 1.32. The average Bonchev–Trinajstić information content (AvgIpc) is 3.26. The van der Waals surface area contributed by atoms with Crippen LogP contribution in [0.4, 0.5) is 20.7 Å². The second kappa shape index (κ2) is 6.52. The van der Waals surface area contributed by atoms with Crippen LogP contribution in [0.2, 0.25) is 0 Å². The van der Waals surface area contributed by atoms with Gasteiger partial charge >= 0.3 is 6.03 Å². The van der Waals surface area contributed by atoms with Gasteiger partial charge in [-0.05, 0) is 25.0 Å². The lowest BCUT2D eigenvalue weighted by Crippen LogP contribution is -2.20. The third kappa shape index (κ3) is 3.21. The van der Waals surface area contributed by atoms with Gasteiger partial charge in [-0.2, -0.15) is 0 Å². The SMILES string of the molecule is O=C(Nc1ccc2c(c1)OCCO2)Nc1nnc(N2CCCC2)s1. The van der Waals surface area contributed by atoms with Crippen molar-refractivity contribution in [2.24, 2.45) is 0 Å². The zero-order valence-corrected chi connectivity index (χ0v) is 13.8. The number of nitrogens with zero attached hydrogens (tertiary/aromatic N) is 3. The van der Waals surface area contributed by atoms with E-state index < -0.39 is 0 Å². The summed E-state index contributed by atoms with van der Waals surface area (Å²) in [5.41, 5.74) is 0.626. The minimum Gasteiger partial charge on any atom is -0.486 e. The van der Waals surface area contributed by atoms with E-state index in [1.54, 1.807) is 18.2 Å². The van der Waals surface area contributed by atoms with Crippen LogP contribution in [-0.2, 0) is 0 Å². The predicted octanol–water partition coefficient (Wildman–Crippen LogP) is 2.55. The van der Waals surface area contributed by atoms with Gasteiger partial charge in [-0.25, -0.2) is 4.79 Å². The number of anilines is 3. The predicted molar refractivity (Wildman–Crippen MR) is 91.4 cm³/mol. The zero-order valence-electron chi connectivity index (χ0n) is 12.9. The molecule has 0 radical (unpaired) electrons. The number of carbonyl (C=O) groups is 1. The Morgan fingerprint density at radius 1 is 1.08 bits per heavy atom. The number of benzene rings is 1. The van der Waals surface area contributed by atoms with Crippen molar-refractivity contribution in [2.45, 2.75) is 12.8 Å². The summed E-state index contributed by atoms with van der Waals surface area (Å²) in [7, 11) is 0. The Hall–Kier alpha value is -2.55. The first-order valence-electron chi connectivity index (χ1n) is 7.84. The lowest BCUT2D eigenvalue weighted by atomic mass is 10.2. The highest BCUT2D eigenvalue weighted by Gasteiger charge is 2.18. The van der Waals surface area contributed by atoms with E-state index in [4.69, 9.17) is 9.47 Å². The van der Waals surface area contributed by atoms with Gasteiger partial charge in [0.1, 0.15) is 13.2 Å². The summed E-state index contributed by atoms with van der Waals surface area (Å²) in [6, 6.07) is 4.92. The lowest BCUT2D eigenvalue weighted by molar-refractivity contribution is 0.171. The van der Waals surface area contributed by atoms with E-state index in [0.717, 1.165) is 18.2 Å². The van der Waals surface area contributed by atoms with Crippen LogP contribution in [0, 0.1) is 0 Å². The Balaban J connectivity index is 1.38. The molecule has 4 rings (SSSR count). The van der Waals surface area contributed by atoms with Crippen molar-refractivity contribution in [3.8, 4) is 11.5 Å². The van der Waals surface area contributed by atoms with Crippen molar-refractivity contribution in [3.63, 3.8) is 0 Å². The van der Waals surface area contributed by atoms with Gasteiger partial charge in [0.05, 0.1) is 0 Å². The largest absolute Gasteiger partial charge is 0.486 e. The summed E-state index contributed by atoms with van der Waals surface area (Å²) < 4.78 is 11.0. The van der Waals surface area contributed by atoms with Gasteiger partial charge < -0.3 is 19.7 Å². The van der Waals surface area contributed by atoms with Crippen molar-refractivity contribution >= 4 is 33.3 Å². The lowest BCUT2D eigenvalue weighted by Gasteiger charge is -2.18. The molecule has 8 nitrogen and oxygen atoms in total. The first-order valence-corrected chi connectivity index (χ1v) is 8.66. The van der Waals surface area contributed by atoms with Crippen molar-refractivity contribution in [1.82, 2.24) is 10.2 Å². The molecule has 0 saturated carbocycles. The topological polar surface area (TPSA) is 88.6 Å². The fourth-order valence-electron chi connectivity index (χ4n) is 2.68. The standard InChI is InChI=1S/C15H17N5O3S/c21-13(16-10-3-4-11-12(9-10)23-8-7-22-11)17-14-18-19-15(24-14)20-5-1-2-6-20/h3-4,9H,1-2,5-8H2,(H2,16,17,18,21). The number of rotatable bonds is 3. The van der Waals surface area contributed by atoms with Crippen LogP contribution in [0.15, 0.2) is 18.2 Å². The number of carbonyl (C=O) groups excluding carboxylic acids is 1. The van der Waals surface area contributed by atoms with Crippen LogP contribution >= 0.6 is 11.3 Å². The van der Waals surface area contributed by atoms with Crippen LogP contribution in [0.5, 0.6) is 11.5 Å². The molecule has 0 aliphatic carbocycles. The highest BCUT2D eigenvalue weighted by atomic mass is 32.1.